The first kappa shape index (κ1) is 16.5. The van der Waals surface area contributed by atoms with Crippen LogP contribution in [0.1, 0.15) is 11.1 Å². The second-order valence-electron chi connectivity index (χ2n) is 4.39. The van der Waals surface area contributed by atoms with Gasteiger partial charge in [-0.3, -0.25) is 0 Å². The van der Waals surface area contributed by atoms with Crippen molar-refractivity contribution in [3.05, 3.63) is 52.5 Å². The lowest BCUT2D eigenvalue weighted by molar-refractivity contribution is -0.161. The van der Waals surface area contributed by atoms with Crippen LogP contribution in [0.15, 0.2) is 36.4 Å². The molecular weight excluding hydrogens is 334 g/mol. The Balaban J connectivity index is 2.85. The number of aromatic hydroxyl groups is 1. The van der Waals surface area contributed by atoms with Crippen molar-refractivity contribution in [1.82, 2.24) is 0 Å². The van der Waals surface area contributed by atoms with Gasteiger partial charge in [0.1, 0.15) is 5.75 Å². The van der Waals surface area contributed by atoms with Crippen molar-refractivity contribution in [3.63, 3.8) is 0 Å². The molecule has 0 saturated heterocycles. The zero-order chi connectivity index (χ0) is 16.7. The highest BCUT2D eigenvalue weighted by Crippen LogP contribution is 2.46. The number of alkyl halides is 6. The van der Waals surface area contributed by atoms with Crippen LogP contribution >= 0.6 is 11.6 Å². The van der Waals surface area contributed by atoms with E-state index in [-0.39, 0.29) is 5.02 Å². The highest BCUT2D eigenvalue weighted by Gasteiger charge is 2.45. The van der Waals surface area contributed by atoms with Crippen LogP contribution in [0.4, 0.5) is 26.3 Å². The summed E-state index contributed by atoms with van der Waals surface area (Å²) in [5, 5.41) is 9.65. The summed E-state index contributed by atoms with van der Waals surface area (Å²) in [7, 11) is 0. The van der Waals surface area contributed by atoms with Gasteiger partial charge in [-0.15, -0.1) is 0 Å². The number of phenolic OH excluding ortho intramolecular Hbond substituents is 1. The van der Waals surface area contributed by atoms with Gasteiger partial charge >= 0.3 is 12.4 Å². The fourth-order valence-electron chi connectivity index (χ4n) is 2.04. The summed E-state index contributed by atoms with van der Waals surface area (Å²) in [6.07, 6.45) is -10.4. The third-order valence-corrected chi connectivity index (χ3v) is 3.14. The molecule has 8 heteroatoms. The monoisotopic (exact) mass is 340 g/mol. The molecule has 2 rings (SSSR count). The van der Waals surface area contributed by atoms with Gasteiger partial charge in [-0.2, -0.15) is 26.3 Å². The van der Waals surface area contributed by atoms with Gasteiger partial charge in [-0.25, -0.2) is 0 Å². The van der Waals surface area contributed by atoms with Gasteiger partial charge < -0.3 is 5.11 Å². The van der Waals surface area contributed by atoms with E-state index in [1.54, 1.807) is 0 Å². The van der Waals surface area contributed by atoms with Crippen molar-refractivity contribution in [2.45, 2.75) is 12.4 Å². The summed E-state index contributed by atoms with van der Waals surface area (Å²) in [5.74, 6) is -0.603. The molecule has 118 valence electrons. The molecule has 0 radical (unpaired) electrons. The molecule has 0 heterocycles. The molecule has 0 amide bonds. The van der Waals surface area contributed by atoms with Crippen molar-refractivity contribution in [2.24, 2.45) is 0 Å². The quantitative estimate of drug-likeness (QED) is 0.655. The molecule has 2 aromatic rings. The van der Waals surface area contributed by atoms with Crippen LogP contribution in [0.5, 0.6) is 5.75 Å². The predicted molar refractivity (Wildman–Crippen MR) is 68.6 cm³/mol. The highest BCUT2D eigenvalue weighted by atomic mass is 35.5. The molecule has 1 N–H and O–H groups in total. The van der Waals surface area contributed by atoms with Crippen LogP contribution in [0.3, 0.4) is 0 Å². The number of hydrogen-bond acceptors (Lipinski definition) is 1. The lowest BCUT2D eigenvalue weighted by Gasteiger charge is -2.19. The summed E-state index contributed by atoms with van der Waals surface area (Å²) < 4.78 is 78.0. The first-order chi connectivity index (χ1) is 10.0. The van der Waals surface area contributed by atoms with E-state index in [1.165, 1.54) is 6.07 Å². The summed E-state index contributed by atoms with van der Waals surface area (Å²) in [5.41, 5.74) is -4.90. The molecule has 0 unspecified atom stereocenters. The van der Waals surface area contributed by atoms with Crippen molar-refractivity contribution in [3.8, 4) is 16.9 Å². The number of hydrogen-bond donors (Lipinski definition) is 1. The van der Waals surface area contributed by atoms with E-state index < -0.39 is 40.4 Å². The van der Waals surface area contributed by atoms with Crippen LogP contribution in [0.2, 0.25) is 5.02 Å². The van der Waals surface area contributed by atoms with Crippen LogP contribution in [0.25, 0.3) is 11.1 Å². The molecule has 0 aromatic heterocycles. The maximum Gasteiger partial charge on any atom is 0.417 e. The number of halogens is 7. The van der Waals surface area contributed by atoms with Crippen molar-refractivity contribution in [2.75, 3.05) is 0 Å². The standard InChI is InChI=1S/C14H7ClF6O/c15-7-4-5-11(22)9(6-7)8-2-1-3-10(13(16,17)18)12(8)14(19,20)21/h1-6,22H. The third kappa shape index (κ3) is 3.14. The zero-order valence-corrected chi connectivity index (χ0v) is 11.3. The predicted octanol–water partition coefficient (Wildman–Crippen LogP) is 5.75. The number of benzene rings is 2. The Morgan fingerprint density at radius 2 is 1.45 bits per heavy atom. The van der Waals surface area contributed by atoms with Gasteiger partial charge in [0, 0.05) is 10.6 Å². The second kappa shape index (κ2) is 5.39. The van der Waals surface area contributed by atoms with E-state index in [0.29, 0.717) is 6.07 Å². The molecule has 2 aromatic carbocycles. The Hall–Kier alpha value is -1.89. The summed E-state index contributed by atoms with van der Waals surface area (Å²) in [6.45, 7) is 0. The van der Waals surface area contributed by atoms with Gasteiger partial charge in [0.15, 0.2) is 0 Å². The normalized spacial score (nSPS) is 12.5. The van der Waals surface area contributed by atoms with Gasteiger partial charge in [0.05, 0.1) is 11.1 Å². The van der Waals surface area contributed by atoms with Crippen LogP contribution in [0, 0.1) is 0 Å². The van der Waals surface area contributed by atoms with Crippen LogP contribution < -0.4 is 0 Å². The molecule has 0 fully saturated rings. The Kier molecular flexibility index (Phi) is 4.04. The van der Waals surface area contributed by atoms with Crippen LogP contribution in [-0.4, -0.2) is 5.11 Å². The van der Waals surface area contributed by atoms with E-state index in [4.69, 9.17) is 11.6 Å². The first-order valence-electron chi connectivity index (χ1n) is 5.78. The Labute approximate surface area is 125 Å². The molecule has 0 spiro atoms. The van der Waals surface area contributed by atoms with Gasteiger partial charge in [-0.1, -0.05) is 23.7 Å². The van der Waals surface area contributed by atoms with Crippen LogP contribution in [-0.2, 0) is 12.4 Å². The van der Waals surface area contributed by atoms with Gasteiger partial charge in [-0.05, 0) is 29.8 Å². The summed E-state index contributed by atoms with van der Waals surface area (Å²) in [6, 6.07) is 5.23. The van der Waals surface area contributed by atoms with Crippen molar-refractivity contribution >= 4 is 11.6 Å². The van der Waals surface area contributed by atoms with E-state index in [1.807, 2.05) is 0 Å². The number of phenols is 1. The lowest BCUT2D eigenvalue weighted by Crippen LogP contribution is -2.17. The summed E-state index contributed by atoms with van der Waals surface area (Å²) >= 11 is 5.65. The lowest BCUT2D eigenvalue weighted by atomic mass is 9.94. The maximum absolute atomic E-state index is 13.1. The smallest absolute Gasteiger partial charge is 0.417 e. The van der Waals surface area contributed by atoms with Crippen molar-refractivity contribution < 1.29 is 31.4 Å². The average molecular weight is 341 g/mol. The Morgan fingerprint density at radius 1 is 0.818 bits per heavy atom. The molecule has 0 atom stereocenters. The van der Waals surface area contributed by atoms with E-state index in [2.05, 4.69) is 0 Å². The van der Waals surface area contributed by atoms with E-state index in [9.17, 15) is 31.4 Å². The Morgan fingerprint density at radius 3 is 2.00 bits per heavy atom. The zero-order valence-electron chi connectivity index (χ0n) is 10.6. The van der Waals surface area contributed by atoms with Crippen molar-refractivity contribution in [1.29, 1.82) is 0 Å². The molecule has 0 bridgehead atoms. The molecule has 1 nitrogen and oxygen atoms in total. The molecular formula is C14H7ClF6O. The number of rotatable bonds is 1. The Bertz CT molecular complexity index is 705. The topological polar surface area (TPSA) is 20.2 Å². The fraction of sp³-hybridized carbons (Fsp3) is 0.143. The fourth-order valence-corrected chi connectivity index (χ4v) is 2.21. The average Bonchev–Trinajstić information content (AvgIpc) is 2.38. The molecule has 0 aliphatic carbocycles. The highest BCUT2D eigenvalue weighted by molar-refractivity contribution is 6.31. The minimum Gasteiger partial charge on any atom is -0.507 e. The van der Waals surface area contributed by atoms with E-state index in [0.717, 1.165) is 24.3 Å². The van der Waals surface area contributed by atoms with Gasteiger partial charge in [0.25, 0.3) is 0 Å². The maximum atomic E-state index is 13.1. The minimum atomic E-state index is -5.25. The first-order valence-corrected chi connectivity index (χ1v) is 6.16. The molecule has 0 aliphatic heterocycles. The molecule has 0 aliphatic rings. The molecule has 22 heavy (non-hydrogen) atoms. The third-order valence-electron chi connectivity index (χ3n) is 2.90. The van der Waals surface area contributed by atoms with Gasteiger partial charge in [0.2, 0.25) is 0 Å². The van der Waals surface area contributed by atoms with E-state index >= 15 is 0 Å². The second-order valence-corrected chi connectivity index (χ2v) is 4.82. The molecule has 0 saturated carbocycles. The SMILES string of the molecule is Oc1ccc(Cl)cc1-c1cccc(C(F)(F)F)c1C(F)(F)F. The largest absolute Gasteiger partial charge is 0.507 e. The minimum absolute atomic E-state index is 0.0154. The summed E-state index contributed by atoms with van der Waals surface area (Å²) in [4.78, 5) is 0.